The van der Waals surface area contributed by atoms with Gasteiger partial charge < -0.3 is 25.6 Å². The molecule has 1 atom stereocenters. The third-order valence-electron chi connectivity index (χ3n) is 5.37. The van der Waals surface area contributed by atoms with Gasteiger partial charge in [0.1, 0.15) is 5.75 Å². The molecule has 3 aliphatic rings. The van der Waals surface area contributed by atoms with E-state index >= 15 is 0 Å². The number of aliphatic hydroxyl groups excluding tert-OH is 1. The van der Waals surface area contributed by atoms with E-state index in [1.165, 1.54) is 0 Å². The van der Waals surface area contributed by atoms with E-state index in [4.69, 9.17) is 15.2 Å². The smallest absolute Gasteiger partial charge is 0.258 e. The summed E-state index contributed by atoms with van der Waals surface area (Å²) in [6, 6.07) is 7.50. The van der Waals surface area contributed by atoms with Crippen molar-refractivity contribution >= 4 is 5.91 Å². The van der Waals surface area contributed by atoms with Gasteiger partial charge in [0, 0.05) is 18.2 Å². The molecule has 0 spiro atoms. The first kappa shape index (κ1) is 17.2. The molecule has 3 fully saturated rings. The van der Waals surface area contributed by atoms with Gasteiger partial charge in [-0.05, 0) is 49.8 Å². The van der Waals surface area contributed by atoms with Crippen LogP contribution in [-0.2, 0) is 16.1 Å². The van der Waals surface area contributed by atoms with Gasteiger partial charge in [0.2, 0.25) is 0 Å². The highest BCUT2D eigenvalue weighted by Crippen LogP contribution is 2.45. The van der Waals surface area contributed by atoms with Crippen molar-refractivity contribution in [3.63, 3.8) is 0 Å². The molecule has 0 heterocycles. The fraction of sp³-hybridized carbons (Fsp3) is 0.611. The molecule has 1 amide bonds. The Morgan fingerprint density at radius 2 is 2.12 bits per heavy atom. The molecule has 6 nitrogen and oxygen atoms in total. The molecule has 0 aromatic heterocycles. The van der Waals surface area contributed by atoms with Gasteiger partial charge in [-0.3, -0.25) is 4.79 Å². The fourth-order valence-corrected chi connectivity index (χ4v) is 3.85. The van der Waals surface area contributed by atoms with Crippen LogP contribution >= 0.6 is 0 Å². The third kappa shape index (κ3) is 3.55. The highest BCUT2D eigenvalue weighted by Gasteiger charge is 2.52. The van der Waals surface area contributed by atoms with Gasteiger partial charge in [0.25, 0.3) is 5.91 Å². The Balaban J connectivity index is 1.54. The molecule has 0 saturated heterocycles. The van der Waals surface area contributed by atoms with Crippen LogP contribution in [0.2, 0.25) is 0 Å². The lowest BCUT2D eigenvalue weighted by Crippen LogP contribution is -2.68. The maximum Gasteiger partial charge on any atom is 0.258 e. The Bertz CT molecular complexity index is 596. The minimum absolute atomic E-state index is 0.0396. The van der Waals surface area contributed by atoms with Crippen molar-refractivity contribution in [2.24, 2.45) is 5.73 Å². The van der Waals surface area contributed by atoms with E-state index in [0.29, 0.717) is 18.8 Å². The zero-order valence-corrected chi connectivity index (χ0v) is 14.1. The summed E-state index contributed by atoms with van der Waals surface area (Å²) in [6.45, 7) is 0.466. The van der Waals surface area contributed by atoms with Crippen molar-refractivity contribution in [3.8, 4) is 5.75 Å². The lowest BCUT2D eigenvalue weighted by molar-refractivity contribution is -0.128. The number of methoxy groups -OCH3 is 1. The van der Waals surface area contributed by atoms with Gasteiger partial charge in [-0.1, -0.05) is 12.1 Å². The van der Waals surface area contributed by atoms with Crippen molar-refractivity contribution in [2.45, 2.75) is 55.9 Å². The van der Waals surface area contributed by atoms with E-state index in [9.17, 15) is 9.90 Å². The van der Waals surface area contributed by atoms with Crippen LogP contribution < -0.4 is 15.8 Å². The molecule has 4 N–H and O–H groups in total. The van der Waals surface area contributed by atoms with Gasteiger partial charge in [0.05, 0.1) is 12.7 Å². The summed E-state index contributed by atoms with van der Waals surface area (Å²) in [5.41, 5.74) is 6.40. The third-order valence-corrected chi connectivity index (χ3v) is 5.37. The van der Waals surface area contributed by atoms with Crippen LogP contribution in [0.1, 0.15) is 37.7 Å². The number of nitrogens with one attached hydrogen (secondary N) is 1. The molecule has 3 saturated carbocycles. The Morgan fingerprint density at radius 3 is 2.79 bits per heavy atom. The van der Waals surface area contributed by atoms with Crippen LogP contribution in [0.5, 0.6) is 5.75 Å². The van der Waals surface area contributed by atoms with Crippen molar-refractivity contribution in [1.82, 2.24) is 5.32 Å². The van der Waals surface area contributed by atoms with E-state index in [2.05, 4.69) is 5.32 Å². The standard InChI is InChI=1S/C18H26N2O4/c1-23-11-13-3-2-4-14(9-13)24-12-16(22)20-17-5-7-18(19,8-6-17)15(21)10-17/h2-4,9,15,21H,5-8,10-12,19H2,1H3,(H,20,22). The minimum atomic E-state index is -0.549. The van der Waals surface area contributed by atoms with Crippen LogP contribution in [0.4, 0.5) is 0 Å². The maximum atomic E-state index is 12.3. The number of ether oxygens (including phenoxy) is 2. The number of hydrogen-bond acceptors (Lipinski definition) is 5. The van der Waals surface area contributed by atoms with Crippen LogP contribution in [0, 0.1) is 0 Å². The van der Waals surface area contributed by atoms with E-state index < -0.39 is 11.6 Å². The van der Waals surface area contributed by atoms with Crippen LogP contribution in [0.3, 0.4) is 0 Å². The average molecular weight is 334 g/mol. The monoisotopic (exact) mass is 334 g/mol. The number of hydrogen-bond donors (Lipinski definition) is 3. The predicted molar refractivity (Wildman–Crippen MR) is 89.5 cm³/mol. The first-order valence-electron chi connectivity index (χ1n) is 8.43. The highest BCUT2D eigenvalue weighted by molar-refractivity contribution is 5.78. The number of aliphatic hydroxyl groups is 1. The molecule has 6 heteroatoms. The SMILES string of the molecule is COCc1cccc(OCC(=O)NC23CCC(N)(CC2)C(O)C3)c1. The quantitative estimate of drug-likeness (QED) is 0.724. The summed E-state index contributed by atoms with van der Waals surface area (Å²) < 4.78 is 10.7. The number of benzene rings is 1. The van der Waals surface area contributed by atoms with Gasteiger partial charge in [0.15, 0.2) is 6.61 Å². The van der Waals surface area contributed by atoms with Crippen molar-refractivity contribution in [1.29, 1.82) is 0 Å². The summed E-state index contributed by atoms with van der Waals surface area (Å²) in [4.78, 5) is 12.3. The van der Waals surface area contributed by atoms with E-state index in [1.807, 2.05) is 24.3 Å². The largest absolute Gasteiger partial charge is 0.484 e. The zero-order valence-electron chi connectivity index (χ0n) is 14.1. The number of carbonyl (C=O) groups excluding carboxylic acids is 1. The summed E-state index contributed by atoms with van der Waals surface area (Å²) in [5.74, 6) is 0.483. The molecule has 1 unspecified atom stereocenters. The summed E-state index contributed by atoms with van der Waals surface area (Å²) in [5, 5.41) is 13.3. The highest BCUT2D eigenvalue weighted by atomic mass is 16.5. The molecule has 3 aliphatic carbocycles. The molecule has 2 bridgehead atoms. The lowest BCUT2D eigenvalue weighted by atomic mass is 9.60. The Labute approximate surface area is 142 Å². The van der Waals surface area contributed by atoms with Crippen LogP contribution in [0.25, 0.3) is 0 Å². The molecule has 1 aromatic rings. The minimum Gasteiger partial charge on any atom is -0.484 e. The summed E-state index contributed by atoms with van der Waals surface area (Å²) >= 11 is 0. The molecule has 0 radical (unpaired) electrons. The molecule has 4 rings (SSSR count). The Morgan fingerprint density at radius 1 is 1.38 bits per heavy atom. The molecule has 132 valence electrons. The van der Waals surface area contributed by atoms with Gasteiger partial charge in [-0.25, -0.2) is 0 Å². The molecule has 1 aromatic carbocycles. The summed E-state index contributed by atoms with van der Waals surface area (Å²) in [6.07, 6.45) is 3.10. The predicted octanol–water partition coefficient (Wildman–Crippen LogP) is 1.10. The van der Waals surface area contributed by atoms with Crippen molar-refractivity contribution in [3.05, 3.63) is 29.8 Å². The molecule has 0 aliphatic heterocycles. The fourth-order valence-electron chi connectivity index (χ4n) is 3.85. The summed E-state index contributed by atoms with van der Waals surface area (Å²) in [7, 11) is 1.64. The second-order valence-electron chi connectivity index (χ2n) is 7.15. The van der Waals surface area contributed by atoms with Crippen LogP contribution in [-0.4, -0.2) is 41.9 Å². The average Bonchev–Trinajstić information content (AvgIpc) is 2.56. The number of amides is 1. The van der Waals surface area contributed by atoms with Gasteiger partial charge in [-0.15, -0.1) is 0 Å². The first-order valence-corrected chi connectivity index (χ1v) is 8.43. The van der Waals surface area contributed by atoms with Crippen molar-refractivity contribution < 1.29 is 19.4 Å². The van der Waals surface area contributed by atoms with E-state index in [-0.39, 0.29) is 18.1 Å². The Hall–Kier alpha value is -1.63. The van der Waals surface area contributed by atoms with Crippen molar-refractivity contribution in [2.75, 3.05) is 13.7 Å². The van der Waals surface area contributed by atoms with E-state index in [0.717, 1.165) is 31.2 Å². The molecule has 24 heavy (non-hydrogen) atoms. The van der Waals surface area contributed by atoms with Gasteiger partial charge in [-0.2, -0.15) is 0 Å². The van der Waals surface area contributed by atoms with Gasteiger partial charge >= 0.3 is 0 Å². The topological polar surface area (TPSA) is 93.8 Å². The van der Waals surface area contributed by atoms with E-state index in [1.54, 1.807) is 7.11 Å². The number of fused-ring (bicyclic) bond motifs is 3. The molecular weight excluding hydrogens is 308 g/mol. The zero-order chi connectivity index (χ0) is 17.2. The second kappa shape index (κ2) is 6.70. The number of rotatable bonds is 6. The number of carbonyl (C=O) groups is 1. The van der Waals surface area contributed by atoms with Crippen LogP contribution in [0.15, 0.2) is 24.3 Å². The second-order valence-corrected chi connectivity index (χ2v) is 7.15. The molecular formula is C18H26N2O4. The maximum absolute atomic E-state index is 12.3. The first-order chi connectivity index (χ1) is 11.4. The lowest BCUT2D eigenvalue weighted by Gasteiger charge is -2.54. The Kier molecular flexibility index (Phi) is 4.80. The normalized spacial score (nSPS) is 31.7. The number of nitrogens with two attached hydrogens (primary N) is 1.